The molecule has 0 saturated heterocycles. The van der Waals surface area contributed by atoms with Crippen LogP contribution in [0.2, 0.25) is 0 Å². The molecule has 0 radical (unpaired) electrons. The summed E-state index contributed by atoms with van der Waals surface area (Å²) in [5.74, 6) is 0.775. The second-order valence-corrected chi connectivity index (χ2v) is 16.7. The predicted molar refractivity (Wildman–Crippen MR) is 265 cm³/mol. The van der Waals surface area contributed by atoms with Crippen molar-refractivity contribution in [2.75, 3.05) is 4.90 Å². The lowest BCUT2D eigenvalue weighted by Crippen LogP contribution is -2.31. The van der Waals surface area contributed by atoms with E-state index in [1.807, 2.05) is 79.0 Å². The summed E-state index contributed by atoms with van der Waals surface area (Å²) < 4.78 is 93.3. The first-order chi connectivity index (χ1) is 36.0. The number of aromatic nitrogens is 4. The molecule has 8 aromatic carbocycles. The van der Waals surface area contributed by atoms with Crippen molar-refractivity contribution >= 4 is 49.9 Å². The molecule has 0 saturated carbocycles. The summed E-state index contributed by atoms with van der Waals surface area (Å²) in [6, 6.07) is 43.0. The normalized spacial score (nSPS) is 13.8. The van der Waals surface area contributed by atoms with Gasteiger partial charge in [0.1, 0.15) is 5.82 Å². The molecule has 0 N–H and O–H groups in total. The van der Waals surface area contributed by atoms with Crippen LogP contribution >= 0.6 is 0 Å². The molecule has 0 spiro atoms. The van der Waals surface area contributed by atoms with E-state index in [9.17, 15) is 5.26 Å². The number of para-hydroxylation sites is 5. The average Bonchev–Trinajstić information content (AvgIpc) is 3.98. The number of benzene rings is 8. The van der Waals surface area contributed by atoms with E-state index in [2.05, 4.69) is 79.0 Å². The zero-order valence-corrected chi connectivity index (χ0v) is 35.6. The summed E-state index contributed by atoms with van der Waals surface area (Å²) in [6.07, 6.45) is 5.32. The van der Waals surface area contributed by atoms with E-state index in [0.29, 0.717) is 28.0 Å². The van der Waals surface area contributed by atoms with Crippen LogP contribution in [0.1, 0.15) is 45.6 Å². The minimum Gasteiger partial charge on any atom is -0.311 e. The molecule has 3 heterocycles. The first-order valence-corrected chi connectivity index (χ1v) is 21.1. The second kappa shape index (κ2) is 16.0. The number of pyridine rings is 1. The molecule has 6 heteroatoms. The van der Waals surface area contributed by atoms with E-state index in [0.717, 1.165) is 44.6 Å². The van der Waals surface area contributed by atoms with Crippen molar-refractivity contribution < 1.29 is 18.3 Å². The highest BCUT2D eigenvalue weighted by molar-refractivity contribution is 6.10. The van der Waals surface area contributed by atoms with Crippen LogP contribution in [-0.4, -0.2) is 14.1 Å². The number of hydrogen-bond donors (Lipinski definition) is 0. The fraction of sp³-hybridized carbons (Fsp3) is 0.0678. The standard InChI is InChI=1S/C59H44N6/c1-59(2,3)44-32-33-61-57(36-44)65-53-27-14-13-24-51(53)52-31-30-46(38-56(52)65)64(45-22-11-6-12-23-45)48-35-41(39-60)34-47(37-48)62-40-63(55-29-16-15-28-54(55)62)58-49(42-18-7-4-8-19-42)25-17-26-50(58)43-20-9-5-10-21-43/h4-38H,1-3H3/i4D,5D,7D,8D,9D,10D,18D,19D,20D,21D. The van der Waals surface area contributed by atoms with Gasteiger partial charge in [0.05, 0.1) is 58.8 Å². The SMILES string of the molecule is [2H]c1c([2H])c([2H])c(-c2cccc(-c3c([2H])c([2H])c([2H])c([2H])c3[2H])c2-[n+]2[c-]n(-c3cc(C#N)cc(N(c4ccccc4)c4ccc5c6ccccc6n(-c6cc(C(C)(C)C)ccn6)c5c4)c3)c3ccccc32)c([2H])c1[2H]. The molecule has 0 unspecified atom stereocenters. The Morgan fingerprint density at radius 1 is 0.615 bits per heavy atom. The van der Waals surface area contributed by atoms with Crippen LogP contribution in [0.4, 0.5) is 17.1 Å². The van der Waals surface area contributed by atoms with Gasteiger partial charge in [0.25, 0.3) is 6.33 Å². The molecular formula is C59H44N6. The van der Waals surface area contributed by atoms with Gasteiger partial charge in [0.15, 0.2) is 0 Å². The van der Waals surface area contributed by atoms with Crippen molar-refractivity contribution in [3.8, 4) is 45.5 Å². The van der Waals surface area contributed by atoms with Crippen molar-refractivity contribution in [2.45, 2.75) is 26.2 Å². The number of nitriles is 1. The van der Waals surface area contributed by atoms with Crippen LogP contribution in [0, 0.1) is 17.7 Å². The van der Waals surface area contributed by atoms with Gasteiger partial charge in [0, 0.05) is 34.0 Å². The highest BCUT2D eigenvalue weighted by atomic mass is 15.2. The van der Waals surface area contributed by atoms with E-state index in [4.69, 9.17) is 18.7 Å². The fourth-order valence-electron chi connectivity index (χ4n) is 8.67. The van der Waals surface area contributed by atoms with Crippen molar-refractivity contribution in [2.24, 2.45) is 0 Å². The van der Waals surface area contributed by atoms with E-state index in [1.54, 1.807) is 45.5 Å². The molecule has 11 aromatic rings. The van der Waals surface area contributed by atoms with Crippen LogP contribution in [0.3, 0.4) is 0 Å². The number of fused-ring (bicyclic) bond motifs is 4. The van der Waals surface area contributed by atoms with Gasteiger partial charge in [-0.25, -0.2) is 4.98 Å². The Morgan fingerprint density at radius 3 is 1.98 bits per heavy atom. The van der Waals surface area contributed by atoms with Crippen LogP contribution < -0.4 is 9.47 Å². The van der Waals surface area contributed by atoms with Gasteiger partial charge in [0.2, 0.25) is 0 Å². The molecule has 0 atom stereocenters. The molecule has 6 nitrogen and oxygen atoms in total. The zero-order valence-electron chi connectivity index (χ0n) is 45.6. The molecule has 3 aromatic heterocycles. The van der Waals surface area contributed by atoms with E-state index in [1.165, 1.54) is 0 Å². The van der Waals surface area contributed by atoms with Crippen LogP contribution in [0.5, 0.6) is 0 Å². The summed E-state index contributed by atoms with van der Waals surface area (Å²) in [4.78, 5) is 6.99. The van der Waals surface area contributed by atoms with Gasteiger partial charge in [-0.1, -0.05) is 166 Å². The Hall–Kier alpha value is -8.53. The zero-order chi connectivity index (χ0) is 52.8. The third-order valence-corrected chi connectivity index (χ3v) is 11.7. The molecule has 0 amide bonds. The van der Waals surface area contributed by atoms with E-state index in [-0.39, 0.29) is 33.4 Å². The quantitative estimate of drug-likeness (QED) is 0.113. The summed E-state index contributed by atoms with van der Waals surface area (Å²) in [5.41, 5.74) is 7.09. The number of hydrogen-bond acceptors (Lipinski definition) is 3. The Balaban J connectivity index is 1.17. The minimum absolute atomic E-state index is 0.121. The summed E-state index contributed by atoms with van der Waals surface area (Å²) >= 11 is 0. The molecular weight excluding hydrogens is 793 g/mol. The Kier molecular flexibility index (Phi) is 7.31. The lowest BCUT2D eigenvalue weighted by molar-refractivity contribution is -0.571. The van der Waals surface area contributed by atoms with Gasteiger partial charge >= 0.3 is 0 Å². The maximum Gasteiger partial charge on any atom is 0.269 e. The van der Waals surface area contributed by atoms with Crippen LogP contribution in [0.25, 0.3) is 72.3 Å². The van der Waals surface area contributed by atoms with Crippen molar-refractivity contribution in [3.05, 3.63) is 230 Å². The van der Waals surface area contributed by atoms with Crippen LogP contribution in [-0.2, 0) is 5.41 Å². The topological polar surface area (TPSA) is 53.7 Å². The van der Waals surface area contributed by atoms with Crippen molar-refractivity contribution in [1.29, 1.82) is 5.26 Å². The Labute approximate surface area is 392 Å². The van der Waals surface area contributed by atoms with Gasteiger partial charge < -0.3 is 4.90 Å². The second-order valence-electron chi connectivity index (χ2n) is 16.7. The molecule has 0 aliphatic carbocycles. The molecule has 11 rings (SSSR count). The highest BCUT2D eigenvalue weighted by Gasteiger charge is 2.23. The number of rotatable bonds is 8. The highest BCUT2D eigenvalue weighted by Crippen LogP contribution is 2.41. The summed E-state index contributed by atoms with van der Waals surface area (Å²) in [6.45, 7) is 6.53. The lowest BCUT2D eigenvalue weighted by Gasteiger charge is -2.26. The van der Waals surface area contributed by atoms with E-state index < -0.39 is 60.4 Å². The third-order valence-electron chi connectivity index (χ3n) is 11.7. The monoisotopic (exact) mass is 846 g/mol. The number of anilines is 3. The van der Waals surface area contributed by atoms with Gasteiger partial charge in [-0.05, 0) is 93.9 Å². The first kappa shape index (κ1) is 29.7. The molecule has 0 bridgehead atoms. The molecule has 65 heavy (non-hydrogen) atoms. The minimum atomic E-state index is -0.587. The first-order valence-electron chi connectivity index (χ1n) is 26.1. The molecule has 310 valence electrons. The molecule has 0 fully saturated rings. The lowest BCUT2D eigenvalue weighted by atomic mass is 9.88. The smallest absolute Gasteiger partial charge is 0.269 e. The maximum absolute atomic E-state index is 10.8. The van der Waals surface area contributed by atoms with Gasteiger partial charge in [-0.3, -0.25) is 13.7 Å². The summed E-state index contributed by atoms with van der Waals surface area (Å²) in [7, 11) is 0. The number of imidazole rings is 1. The maximum atomic E-state index is 10.8. The Morgan fingerprint density at radius 2 is 1.28 bits per heavy atom. The Bertz CT molecular complexity index is 4060. The van der Waals surface area contributed by atoms with E-state index >= 15 is 0 Å². The molecule has 0 aliphatic heterocycles. The van der Waals surface area contributed by atoms with Crippen LogP contribution in [0.15, 0.2) is 212 Å². The van der Waals surface area contributed by atoms with Gasteiger partial charge in [-0.15, -0.1) is 0 Å². The molecule has 0 aliphatic rings. The third kappa shape index (κ3) is 7.00. The largest absolute Gasteiger partial charge is 0.311 e. The average molecular weight is 847 g/mol. The predicted octanol–water partition coefficient (Wildman–Crippen LogP) is 14.2. The van der Waals surface area contributed by atoms with Crippen molar-refractivity contribution in [3.63, 3.8) is 0 Å². The fourth-order valence-corrected chi connectivity index (χ4v) is 8.67. The number of nitrogens with zero attached hydrogens (tertiary/aromatic N) is 6. The summed E-state index contributed by atoms with van der Waals surface area (Å²) in [5, 5.41) is 12.9. The van der Waals surface area contributed by atoms with Gasteiger partial charge in [-0.2, -0.15) is 5.26 Å². The van der Waals surface area contributed by atoms with Crippen molar-refractivity contribution in [1.82, 2.24) is 14.1 Å².